The van der Waals surface area contributed by atoms with Gasteiger partial charge in [0.15, 0.2) is 10.4 Å². The second-order valence-electron chi connectivity index (χ2n) is 3.88. The lowest BCUT2D eigenvalue weighted by Gasteiger charge is -2.14. The maximum Gasteiger partial charge on any atom is 0.573 e. The summed E-state index contributed by atoms with van der Waals surface area (Å²) in [7, 11) is 0. The van der Waals surface area contributed by atoms with Crippen LogP contribution in [0.4, 0.5) is 18.9 Å². The molecule has 0 atom stereocenters. The van der Waals surface area contributed by atoms with Gasteiger partial charge in [-0.15, -0.1) is 13.2 Å². The molecular formula is C12H7Br3F3NO2. The Kier molecular flexibility index (Phi) is 5.26. The lowest BCUT2D eigenvalue weighted by atomic mass is 10.3. The van der Waals surface area contributed by atoms with Gasteiger partial charge in [0.1, 0.15) is 5.76 Å². The molecule has 0 aliphatic rings. The first-order chi connectivity index (χ1) is 9.74. The largest absolute Gasteiger partial charge is 0.573 e. The van der Waals surface area contributed by atoms with E-state index < -0.39 is 6.36 Å². The van der Waals surface area contributed by atoms with Crippen molar-refractivity contribution in [1.29, 1.82) is 0 Å². The molecule has 1 N–H and O–H groups in total. The summed E-state index contributed by atoms with van der Waals surface area (Å²) in [5.41, 5.74) is 0.208. The van der Waals surface area contributed by atoms with Crippen LogP contribution in [-0.2, 0) is 6.54 Å². The number of anilines is 1. The average molecular weight is 494 g/mol. The highest BCUT2D eigenvalue weighted by atomic mass is 79.9. The Morgan fingerprint density at radius 3 is 2.43 bits per heavy atom. The average Bonchev–Trinajstić information content (AvgIpc) is 2.66. The molecule has 0 aliphatic carbocycles. The summed E-state index contributed by atoms with van der Waals surface area (Å²) in [6.07, 6.45) is -4.76. The third kappa shape index (κ3) is 4.93. The molecule has 0 bridgehead atoms. The fourth-order valence-electron chi connectivity index (χ4n) is 1.51. The van der Waals surface area contributed by atoms with Crippen molar-refractivity contribution >= 4 is 53.5 Å². The van der Waals surface area contributed by atoms with Gasteiger partial charge in [-0.1, -0.05) is 15.9 Å². The minimum atomic E-state index is -4.76. The van der Waals surface area contributed by atoms with Crippen LogP contribution in [0.25, 0.3) is 0 Å². The van der Waals surface area contributed by atoms with E-state index >= 15 is 0 Å². The van der Waals surface area contributed by atoms with Gasteiger partial charge in [0.05, 0.1) is 16.7 Å². The number of nitrogens with one attached hydrogen (secondary N) is 1. The zero-order valence-corrected chi connectivity index (χ0v) is 14.9. The first kappa shape index (κ1) is 16.7. The van der Waals surface area contributed by atoms with Crippen LogP contribution < -0.4 is 10.1 Å². The van der Waals surface area contributed by atoms with E-state index in [1.165, 1.54) is 12.1 Å². The molecule has 0 aliphatic heterocycles. The molecule has 3 nitrogen and oxygen atoms in total. The number of halogens is 6. The van der Waals surface area contributed by atoms with Gasteiger partial charge in [-0.3, -0.25) is 0 Å². The third-order valence-corrected chi connectivity index (χ3v) is 4.52. The van der Waals surface area contributed by atoms with Crippen LogP contribution in [0.15, 0.2) is 42.3 Å². The number of benzene rings is 1. The maximum atomic E-state index is 12.4. The lowest BCUT2D eigenvalue weighted by molar-refractivity contribution is -0.274. The molecule has 9 heteroatoms. The molecular weight excluding hydrogens is 487 g/mol. The predicted octanol–water partition coefficient (Wildman–Crippen LogP) is 6.08. The Morgan fingerprint density at radius 1 is 1.14 bits per heavy atom. The van der Waals surface area contributed by atoms with Crippen molar-refractivity contribution in [2.45, 2.75) is 12.9 Å². The van der Waals surface area contributed by atoms with Gasteiger partial charge in [0.2, 0.25) is 0 Å². The van der Waals surface area contributed by atoms with Gasteiger partial charge in [-0.05, 0) is 56.1 Å². The monoisotopic (exact) mass is 491 g/mol. The summed E-state index contributed by atoms with van der Waals surface area (Å²) in [5.74, 6) is 0.233. The van der Waals surface area contributed by atoms with Crippen LogP contribution in [0.3, 0.4) is 0 Å². The van der Waals surface area contributed by atoms with Crippen molar-refractivity contribution in [3.05, 3.63) is 43.6 Å². The summed E-state index contributed by atoms with van der Waals surface area (Å²) in [5, 5.41) is 2.84. The molecule has 114 valence electrons. The number of ether oxygens (including phenoxy) is 1. The zero-order chi connectivity index (χ0) is 15.6. The smallest absolute Gasteiger partial charge is 0.451 e. The highest BCUT2D eigenvalue weighted by Crippen LogP contribution is 2.34. The van der Waals surface area contributed by atoms with Crippen LogP contribution in [-0.4, -0.2) is 6.36 Å². The Hall–Kier alpha value is -0.670. The summed E-state index contributed by atoms with van der Waals surface area (Å²) in [6, 6.07) is 6.04. The van der Waals surface area contributed by atoms with E-state index in [-0.39, 0.29) is 18.0 Å². The van der Waals surface area contributed by atoms with Crippen molar-refractivity contribution in [2.75, 3.05) is 5.32 Å². The molecule has 0 saturated carbocycles. The summed E-state index contributed by atoms with van der Waals surface area (Å²) in [6.45, 7) is 0.208. The quantitative estimate of drug-likeness (QED) is 0.560. The second kappa shape index (κ2) is 6.62. The van der Waals surface area contributed by atoms with Crippen LogP contribution in [0.1, 0.15) is 5.76 Å². The first-order valence-electron chi connectivity index (χ1n) is 5.47. The van der Waals surface area contributed by atoms with E-state index in [0.717, 1.165) is 4.47 Å². The Balaban J connectivity index is 2.15. The minimum Gasteiger partial charge on any atom is -0.451 e. The molecule has 2 rings (SSSR count). The number of hydrogen-bond acceptors (Lipinski definition) is 3. The second-order valence-corrected chi connectivity index (χ2v) is 6.37. The number of hydrogen-bond donors (Lipinski definition) is 1. The molecule has 0 radical (unpaired) electrons. The van der Waals surface area contributed by atoms with Crippen LogP contribution in [0.2, 0.25) is 0 Å². The summed E-state index contributed by atoms with van der Waals surface area (Å²) in [4.78, 5) is 0. The predicted molar refractivity (Wildman–Crippen MR) is 82.3 cm³/mol. The SMILES string of the molecule is FC(F)(F)Oc1cc(Br)ccc1NCc1cc(Br)c(Br)o1. The summed E-state index contributed by atoms with van der Waals surface area (Å²) < 4.78 is 48.2. The van der Waals surface area contributed by atoms with Gasteiger partial charge >= 0.3 is 6.36 Å². The van der Waals surface area contributed by atoms with E-state index in [1.54, 1.807) is 12.1 Å². The molecule has 0 amide bonds. The number of furan rings is 1. The third-order valence-electron chi connectivity index (χ3n) is 2.32. The number of rotatable bonds is 4. The minimum absolute atomic E-state index is 0.208. The van der Waals surface area contributed by atoms with Gasteiger partial charge in [0.25, 0.3) is 0 Å². The molecule has 21 heavy (non-hydrogen) atoms. The zero-order valence-electron chi connectivity index (χ0n) is 10.1. The fraction of sp³-hybridized carbons (Fsp3) is 0.167. The normalized spacial score (nSPS) is 11.5. The molecule has 1 heterocycles. The van der Waals surface area contributed by atoms with E-state index in [0.29, 0.717) is 14.9 Å². The van der Waals surface area contributed by atoms with Gasteiger partial charge in [-0.25, -0.2) is 0 Å². The highest BCUT2D eigenvalue weighted by molar-refractivity contribution is 9.13. The molecule has 2 aromatic rings. The molecule has 0 saturated heterocycles. The number of alkyl halides is 3. The van der Waals surface area contributed by atoms with Gasteiger partial charge in [0, 0.05) is 4.47 Å². The molecule has 1 aromatic heterocycles. The van der Waals surface area contributed by atoms with E-state index in [9.17, 15) is 13.2 Å². The Labute approximate surface area is 143 Å². The standard InChI is InChI=1S/C12H7Br3F3NO2/c13-6-1-2-9(10(3-6)21-12(16,17)18)19-5-7-4-8(14)11(15)20-7/h1-4,19H,5H2. The molecule has 1 aromatic carbocycles. The van der Waals surface area contributed by atoms with Crippen molar-refractivity contribution in [3.8, 4) is 5.75 Å². The van der Waals surface area contributed by atoms with Crippen LogP contribution in [0, 0.1) is 0 Å². The Bertz CT molecular complexity index is 624. The first-order valence-corrected chi connectivity index (χ1v) is 7.85. The lowest BCUT2D eigenvalue weighted by Crippen LogP contribution is -2.18. The van der Waals surface area contributed by atoms with Crippen LogP contribution >= 0.6 is 47.8 Å². The molecule has 0 unspecified atom stereocenters. The van der Waals surface area contributed by atoms with Gasteiger partial charge in [-0.2, -0.15) is 0 Å². The van der Waals surface area contributed by atoms with Crippen molar-refractivity contribution in [2.24, 2.45) is 0 Å². The fourth-order valence-corrected chi connectivity index (χ4v) is 2.51. The van der Waals surface area contributed by atoms with E-state index in [2.05, 4.69) is 57.8 Å². The van der Waals surface area contributed by atoms with Crippen molar-refractivity contribution in [1.82, 2.24) is 0 Å². The van der Waals surface area contributed by atoms with Crippen LogP contribution in [0.5, 0.6) is 5.75 Å². The summed E-state index contributed by atoms with van der Waals surface area (Å²) >= 11 is 9.55. The van der Waals surface area contributed by atoms with Crippen molar-refractivity contribution < 1.29 is 22.3 Å². The Morgan fingerprint density at radius 2 is 1.86 bits per heavy atom. The topological polar surface area (TPSA) is 34.4 Å². The highest BCUT2D eigenvalue weighted by Gasteiger charge is 2.32. The molecule has 0 fully saturated rings. The van der Waals surface area contributed by atoms with E-state index in [4.69, 9.17) is 4.42 Å². The van der Waals surface area contributed by atoms with Gasteiger partial charge < -0.3 is 14.5 Å². The molecule has 0 spiro atoms. The van der Waals surface area contributed by atoms with E-state index in [1.807, 2.05) is 0 Å². The van der Waals surface area contributed by atoms with Crippen molar-refractivity contribution in [3.63, 3.8) is 0 Å². The maximum absolute atomic E-state index is 12.4.